The second kappa shape index (κ2) is 9.11. The largest absolute Gasteiger partial charge is 0.352 e. The van der Waals surface area contributed by atoms with Crippen LogP contribution in [0.25, 0.3) is 0 Å². The number of hydrogen-bond donors (Lipinski definition) is 2. The monoisotopic (exact) mass is 440 g/mol. The molecule has 1 aromatic heterocycles. The summed E-state index contributed by atoms with van der Waals surface area (Å²) in [6.07, 6.45) is 2.47. The van der Waals surface area contributed by atoms with Crippen molar-refractivity contribution in [3.05, 3.63) is 39.3 Å². The molecule has 6 nitrogen and oxygen atoms in total. The Morgan fingerprint density at radius 1 is 1.29 bits per heavy atom. The summed E-state index contributed by atoms with van der Waals surface area (Å²) in [7, 11) is 0. The molecule has 1 aliphatic rings. The fourth-order valence-electron chi connectivity index (χ4n) is 3.12. The summed E-state index contributed by atoms with van der Waals surface area (Å²) in [6, 6.07) is 4.84. The van der Waals surface area contributed by atoms with Crippen LogP contribution in [-0.4, -0.2) is 40.3 Å². The van der Waals surface area contributed by atoms with E-state index in [4.69, 9.17) is 23.2 Å². The van der Waals surface area contributed by atoms with E-state index in [2.05, 4.69) is 15.6 Å². The summed E-state index contributed by atoms with van der Waals surface area (Å²) in [6.45, 7) is 4.37. The fourth-order valence-corrected chi connectivity index (χ4v) is 4.16. The first-order valence-corrected chi connectivity index (χ1v) is 10.8. The molecular weight excluding hydrogens is 419 g/mol. The zero-order valence-corrected chi connectivity index (χ0v) is 18.0. The minimum Gasteiger partial charge on any atom is -0.352 e. The summed E-state index contributed by atoms with van der Waals surface area (Å²) >= 11 is 13.5. The number of thiazole rings is 1. The quantitative estimate of drug-likeness (QED) is 0.705. The number of halogens is 2. The lowest BCUT2D eigenvalue weighted by Gasteiger charge is -2.34. The van der Waals surface area contributed by atoms with Crippen LogP contribution in [0, 0.1) is 0 Å². The molecule has 0 saturated carbocycles. The predicted octanol–water partition coefficient (Wildman–Crippen LogP) is 4.71. The van der Waals surface area contributed by atoms with Crippen LogP contribution in [0.5, 0.6) is 0 Å². The maximum absolute atomic E-state index is 13.0. The number of nitrogens with zero attached hydrogens (tertiary/aromatic N) is 2. The minimum absolute atomic E-state index is 0.0314. The zero-order chi connectivity index (χ0) is 20.3. The van der Waals surface area contributed by atoms with Crippen molar-refractivity contribution in [1.29, 1.82) is 0 Å². The lowest BCUT2D eigenvalue weighted by atomic mass is 10.0. The van der Waals surface area contributed by atoms with Gasteiger partial charge in [-0.05, 0) is 45.2 Å². The average Bonchev–Trinajstić information content (AvgIpc) is 3.13. The number of rotatable bonds is 5. The van der Waals surface area contributed by atoms with Crippen LogP contribution in [0.1, 0.15) is 43.6 Å². The standard InChI is InChI=1S/C19H22Cl2N4O2S/c1-11(2)22-17(26)15-8-3-4-9-25(15)18(27)14-10-28-19(24-14)23-13-7-5-6-12(20)16(13)21/h5-7,10-11,15H,3-4,8-9H2,1-2H3,(H,22,26)(H,23,24). The Labute approximate surface area is 178 Å². The van der Waals surface area contributed by atoms with Crippen LogP contribution in [0.3, 0.4) is 0 Å². The van der Waals surface area contributed by atoms with Crippen LogP contribution in [-0.2, 0) is 4.79 Å². The lowest BCUT2D eigenvalue weighted by Crippen LogP contribution is -2.53. The maximum Gasteiger partial charge on any atom is 0.274 e. The van der Waals surface area contributed by atoms with Crippen molar-refractivity contribution in [3.8, 4) is 0 Å². The Hall–Kier alpha value is -1.83. The number of anilines is 2. The van der Waals surface area contributed by atoms with Gasteiger partial charge in [-0.3, -0.25) is 9.59 Å². The number of carbonyl (C=O) groups excluding carboxylic acids is 2. The number of likely N-dealkylation sites (tertiary alicyclic amines) is 1. The molecular formula is C19H22Cl2N4O2S. The highest BCUT2D eigenvalue weighted by Gasteiger charge is 2.33. The van der Waals surface area contributed by atoms with Gasteiger partial charge in [0.15, 0.2) is 5.13 Å². The second-order valence-corrected chi connectivity index (χ2v) is 8.58. The first-order valence-electron chi connectivity index (χ1n) is 9.14. The van der Waals surface area contributed by atoms with Gasteiger partial charge in [-0.15, -0.1) is 11.3 Å². The van der Waals surface area contributed by atoms with Gasteiger partial charge in [0, 0.05) is 18.0 Å². The van der Waals surface area contributed by atoms with Crippen molar-refractivity contribution in [3.63, 3.8) is 0 Å². The van der Waals surface area contributed by atoms with Crippen LogP contribution >= 0.6 is 34.5 Å². The van der Waals surface area contributed by atoms with E-state index < -0.39 is 6.04 Å². The molecule has 2 heterocycles. The fraction of sp³-hybridized carbons (Fsp3) is 0.421. The molecule has 0 radical (unpaired) electrons. The van der Waals surface area contributed by atoms with E-state index in [1.54, 1.807) is 28.5 Å². The molecule has 1 fully saturated rings. The van der Waals surface area contributed by atoms with Crippen molar-refractivity contribution >= 4 is 57.2 Å². The highest BCUT2D eigenvalue weighted by Crippen LogP contribution is 2.33. The SMILES string of the molecule is CC(C)NC(=O)C1CCCCN1C(=O)c1csc(Nc2cccc(Cl)c2Cl)n1. The normalized spacial score (nSPS) is 16.9. The number of hydrogen-bond acceptors (Lipinski definition) is 5. The molecule has 0 spiro atoms. The molecule has 1 saturated heterocycles. The molecule has 28 heavy (non-hydrogen) atoms. The van der Waals surface area contributed by atoms with E-state index in [0.29, 0.717) is 39.5 Å². The van der Waals surface area contributed by atoms with Gasteiger partial charge in [0.1, 0.15) is 11.7 Å². The topological polar surface area (TPSA) is 74.3 Å². The van der Waals surface area contributed by atoms with Gasteiger partial charge >= 0.3 is 0 Å². The third kappa shape index (κ3) is 4.77. The summed E-state index contributed by atoms with van der Waals surface area (Å²) in [5.41, 5.74) is 0.935. The Kier molecular flexibility index (Phi) is 6.80. The third-order valence-corrected chi connectivity index (χ3v) is 5.99. The first-order chi connectivity index (χ1) is 13.4. The molecule has 2 amide bonds. The van der Waals surface area contributed by atoms with Gasteiger partial charge in [-0.2, -0.15) is 0 Å². The first kappa shape index (κ1) is 20.9. The zero-order valence-electron chi connectivity index (χ0n) is 15.7. The highest BCUT2D eigenvalue weighted by molar-refractivity contribution is 7.14. The number of nitrogens with one attached hydrogen (secondary N) is 2. The van der Waals surface area contributed by atoms with Crippen LogP contribution in [0.15, 0.2) is 23.6 Å². The molecule has 1 atom stereocenters. The van der Waals surface area contributed by atoms with E-state index in [9.17, 15) is 9.59 Å². The molecule has 0 aliphatic carbocycles. The van der Waals surface area contributed by atoms with Gasteiger partial charge < -0.3 is 15.5 Å². The van der Waals surface area contributed by atoms with Crippen LogP contribution in [0.4, 0.5) is 10.8 Å². The molecule has 1 unspecified atom stereocenters. The van der Waals surface area contributed by atoms with E-state index in [1.165, 1.54) is 11.3 Å². The van der Waals surface area contributed by atoms with E-state index >= 15 is 0 Å². The third-order valence-electron chi connectivity index (χ3n) is 4.41. The van der Waals surface area contributed by atoms with Gasteiger partial charge in [0.05, 0.1) is 15.7 Å². The van der Waals surface area contributed by atoms with Crippen molar-refractivity contribution in [2.75, 3.05) is 11.9 Å². The Bertz CT molecular complexity index is 871. The smallest absolute Gasteiger partial charge is 0.274 e. The summed E-state index contributed by atoms with van der Waals surface area (Å²) in [5, 5.41) is 9.06. The summed E-state index contributed by atoms with van der Waals surface area (Å²) < 4.78 is 0. The Morgan fingerprint density at radius 2 is 2.07 bits per heavy atom. The number of carbonyl (C=O) groups is 2. The van der Waals surface area contributed by atoms with Gasteiger partial charge in [0.2, 0.25) is 5.91 Å². The minimum atomic E-state index is -0.455. The predicted molar refractivity (Wildman–Crippen MR) is 114 cm³/mol. The lowest BCUT2D eigenvalue weighted by molar-refractivity contribution is -0.127. The second-order valence-electron chi connectivity index (χ2n) is 6.94. The van der Waals surface area contributed by atoms with E-state index in [-0.39, 0.29) is 17.9 Å². The van der Waals surface area contributed by atoms with E-state index in [1.807, 2.05) is 13.8 Å². The van der Waals surface area contributed by atoms with E-state index in [0.717, 1.165) is 12.8 Å². The molecule has 2 aromatic rings. The molecule has 1 aromatic carbocycles. The maximum atomic E-state index is 13.0. The molecule has 9 heteroatoms. The van der Waals surface area contributed by atoms with Crippen molar-refractivity contribution < 1.29 is 9.59 Å². The van der Waals surface area contributed by atoms with Gasteiger partial charge in [-0.1, -0.05) is 29.3 Å². The Balaban J connectivity index is 1.75. The van der Waals surface area contributed by atoms with Crippen molar-refractivity contribution in [2.24, 2.45) is 0 Å². The molecule has 3 rings (SSSR count). The number of benzene rings is 1. The number of piperidine rings is 1. The van der Waals surface area contributed by atoms with Gasteiger partial charge in [-0.25, -0.2) is 4.98 Å². The summed E-state index contributed by atoms with van der Waals surface area (Å²) in [4.78, 5) is 31.5. The van der Waals surface area contributed by atoms with Crippen LogP contribution < -0.4 is 10.6 Å². The van der Waals surface area contributed by atoms with Gasteiger partial charge in [0.25, 0.3) is 5.91 Å². The average molecular weight is 441 g/mol. The molecule has 0 bridgehead atoms. The Morgan fingerprint density at radius 3 is 2.82 bits per heavy atom. The van der Waals surface area contributed by atoms with Crippen molar-refractivity contribution in [2.45, 2.75) is 45.2 Å². The van der Waals surface area contributed by atoms with Crippen molar-refractivity contribution in [1.82, 2.24) is 15.2 Å². The molecule has 2 N–H and O–H groups in total. The number of aromatic nitrogens is 1. The molecule has 150 valence electrons. The van der Waals surface area contributed by atoms with Crippen LogP contribution in [0.2, 0.25) is 10.0 Å². The highest BCUT2D eigenvalue weighted by atomic mass is 35.5. The summed E-state index contributed by atoms with van der Waals surface area (Å²) in [5.74, 6) is -0.340. The molecule has 1 aliphatic heterocycles. The number of amides is 2.